The molecule has 1 saturated heterocycles. The molecular weight excluding hydrogens is 291 g/mol. The summed E-state index contributed by atoms with van der Waals surface area (Å²) in [6.07, 6.45) is 0.168. The van der Waals surface area contributed by atoms with Gasteiger partial charge >= 0.3 is 0 Å². The fourth-order valence-corrected chi connectivity index (χ4v) is 2.73. The standard InChI is InChI=1S/C12H12Cl2N2O3/c13-7-1-2-8(17)11(12(7)14)6-3-10(19)16(4-6)5-9(15)18/h1-2,6,17H,3-5H2,(H2,15,18)/t6-/m1/s1. The van der Waals surface area contributed by atoms with Crippen molar-refractivity contribution >= 4 is 35.0 Å². The van der Waals surface area contributed by atoms with Crippen molar-refractivity contribution in [3.8, 4) is 5.75 Å². The number of phenols is 1. The van der Waals surface area contributed by atoms with Gasteiger partial charge in [-0.2, -0.15) is 0 Å². The Hall–Kier alpha value is -1.46. The maximum Gasteiger partial charge on any atom is 0.237 e. The number of hydrogen-bond acceptors (Lipinski definition) is 3. The van der Waals surface area contributed by atoms with E-state index in [2.05, 4.69) is 0 Å². The topological polar surface area (TPSA) is 83.6 Å². The highest BCUT2D eigenvalue weighted by molar-refractivity contribution is 6.42. The molecule has 2 amide bonds. The van der Waals surface area contributed by atoms with E-state index in [9.17, 15) is 14.7 Å². The number of nitrogens with zero attached hydrogens (tertiary/aromatic N) is 1. The van der Waals surface area contributed by atoms with Crippen molar-refractivity contribution in [1.82, 2.24) is 4.90 Å². The fourth-order valence-electron chi connectivity index (χ4n) is 2.25. The first kappa shape index (κ1) is 14.0. The Labute approximate surface area is 119 Å². The Morgan fingerprint density at radius 3 is 2.79 bits per heavy atom. The number of rotatable bonds is 3. The molecule has 0 radical (unpaired) electrons. The third kappa shape index (κ3) is 2.77. The van der Waals surface area contributed by atoms with Gasteiger partial charge in [0.15, 0.2) is 0 Å². The number of carbonyl (C=O) groups is 2. The third-order valence-corrected chi connectivity index (χ3v) is 3.90. The second-order valence-electron chi connectivity index (χ2n) is 4.44. The van der Waals surface area contributed by atoms with Gasteiger partial charge in [-0.25, -0.2) is 0 Å². The largest absolute Gasteiger partial charge is 0.508 e. The van der Waals surface area contributed by atoms with Crippen LogP contribution in [0.3, 0.4) is 0 Å². The summed E-state index contributed by atoms with van der Waals surface area (Å²) >= 11 is 12.0. The minimum absolute atomic E-state index is 0.00637. The van der Waals surface area contributed by atoms with Gasteiger partial charge in [-0.15, -0.1) is 0 Å². The molecule has 1 aromatic carbocycles. The molecule has 19 heavy (non-hydrogen) atoms. The summed E-state index contributed by atoms with van der Waals surface area (Å²) < 4.78 is 0. The van der Waals surface area contributed by atoms with Crippen LogP contribution in [0.2, 0.25) is 10.0 Å². The van der Waals surface area contributed by atoms with Gasteiger partial charge < -0.3 is 15.7 Å². The molecule has 0 spiro atoms. The molecule has 1 aliphatic rings. The molecule has 2 rings (SSSR count). The third-order valence-electron chi connectivity index (χ3n) is 3.08. The van der Waals surface area contributed by atoms with Gasteiger partial charge in [0.2, 0.25) is 11.8 Å². The van der Waals surface area contributed by atoms with Gasteiger partial charge in [-0.05, 0) is 12.1 Å². The maximum absolute atomic E-state index is 11.8. The summed E-state index contributed by atoms with van der Waals surface area (Å²) in [5.41, 5.74) is 5.51. The summed E-state index contributed by atoms with van der Waals surface area (Å²) in [4.78, 5) is 24.0. The Bertz CT molecular complexity index is 548. The van der Waals surface area contributed by atoms with Gasteiger partial charge in [-0.3, -0.25) is 9.59 Å². The van der Waals surface area contributed by atoms with E-state index in [1.807, 2.05) is 0 Å². The van der Waals surface area contributed by atoms with Gasteiger partial charge in [-0.1, -0.05) is 23.2 Å². The molecule has 5 nitrogen and oxygen atoms in total. The summed E-state index contributed by atoms with van der Waals surface area (Å²) in [5, 5.41) is 10.4. The van der Waals surface area contributed by atoms with Gasteiger partial charge in [0.1, 0.15) is 5.75 Å². The van der Waals surface area contributed by atoms with Crippen LogP contribution in [0.4, 0.5) is 0 Å². The maximum atomic E-state index is 11.8. The van der Waals surface area contributed by atoms with E-state index in [0.717, 1.165) is 0 Å². The lowest BCUT2D eigenvalue weighted by Crippen LogP contribution is -2.34. The number of phenolic OH excluding ortho intramolecular Hbond substituents is 1. The molecule has 0 bridgehead atoms. The first-order valence-corrected chi connectivity index (χ1v) is 6.38. The van der Waals surface area contributed by atoms with Crippen molar-refractivity contribution in [3.05, 3.63) is 27.7 Å². The molecule has 1 aromatic rings. The van der Waals surface area contributed by atoms with Crippen molar-refractivity contribution in [3.63, 3.8) is 0 Å². The van der Waals surface area contributed by atoms with Crippen LogP contribution in [0.15, 0.2) is 12.1 Å². The van der Waals surface area contributed by atoms with Crippen LogP contribution in [0.25, 0.3) is 0 Å². The average molecular weight is 303 g/mol. The summed E-state index contributed by atoms with van der Waals surface area (Å²) in [7, 11) is 0. The first-order chi connectivity index (χ1) is 8.90. The van der Waals surface area contributed by atoms with Crippen LogP contribution < -0.4 is 5.73 Å². The van der Waals surface area contributed by atoms with E-state index >= 15 is 0 Å². The molecule has 1 atom stereocenters. The number of nitrogens with two attached hydrogens (primary N) is 1. The lowest BCUT2D eigenvalue weighted by Gasteiger charge is -2.16. The quantitative estimate of drug-likeness (QED) is 0.887. The number of hydrogen-bond donors (Lipinski definition) is 2. The predicted octanol–water partition coefficient (Wildman–Crippen LogP) is 1.50. The van der Waals surface area contributed by atoms with Crippen molar-refractivity contribution in [2.75, 3.05) is 13.1 Å². The van der Waals surface area contributed by atoms with Gasteiger partial charge in [0.25, 0.3) is 0 Å². The number of amides is 2. The van der Waals surface area contributed by atoms with Crippen LogP contribution in [0, 0.1) is 0 Å². The Kier molecular flexibility index (Phi) is 3.87. The number of likely N-dealkylation sites (tertiary alicyclic amines) is 1. The lowest BCUT2D eigenvalue weighted by atomic mass is 9.97. The molecule has 102 valence electrons. The molecule has 0 aromatic heterocycles. The molecule has 0 aliphatic carbocycles. The minimum atomic E-state index is -0.574. The van der Waals surface area contributed by atoms with Crippen LogP contribution >= 0.6 is 23.2 Å². The van der Waals surface area contributed by atoms with E-state index in [4.69, 9.17) is 28.9 Å². The normalized spacial score (nSPS) is 18.9. The molecule has 0 saturated carbocycles. The Morgan fingerprint density at radius 1 is 1.47 bits per heavy atom. The van der Waals surface area contributed by atoms with E-state index < -0.39 is 5.91 Å². The summed E-state index contributed by atoms with van der Waals surface area (Å²) in [6.45, 7) is 0.156. The van der Waals surface area contributed by atoms with E-state index in [1.165, 1.54) is 17.0 Å². The Balaban J connectivity index is 2.28. The van der Waals surface area contributed by atoms with Crippen molar-refractivity contribution < 1.29 is 14.7 Å². The summed E-state index contributed by atoms with van der Waals surface area (Å²) in [5.74, 6) is -1.07. The van der Waals surface area contributed by atoms with E-state index in [-0.39, 0.29) is 42.1 Å². The molecule has 1 aliphatic heterocycles. The fraction of sp³-hybridized carbons (Fsp3) is 0.333. The zero-order valence-corrected chi connectivity index (χ0v) is 11.4. The zero-order valence-electron chi connectivity index (χ0n) is 9.90. The SMILES string of the molecule is NC(=O)CN1C[C@H](c2c(O)ccc(Cl)c2Cl)CC1=O. The molecule has 3 N–H and O–H groups in total. The smallest absolute Gasteiger partial charge is 0.237 e. The van der Waals surface area contributed by atoms with Crippen LogP contribution in [0.5, 0.6) is 5.75 Å². The molecule has 0 unspecified atom stereocenters. The van der Waals surface area contributed by atoms with Gasteiger partial charge in [0.05, 0.1) is 16.6 Å². The highest BCUT2D eigenvalue weighted by atomic mass is 35.5. The number of primary amides is 1. The number of halogens is 2. The number of carbonyl (C=O) groups excluding carboxylic acids is 2. The summed E-state index contributed by atoms with van der Waals surface area (Å²) in [6, 6.07) is 2.92. The minimum Gasteiger partial charge on any atom is -0.508 e. The van der Waals surface area contributed by atoms with Gasteiger partial charge in [0, 0.05) is 24.4 Å². The van der Waals surface area contributed by atoms with Crippen LogP contribution in [0.1, 0.15) is 17.9 Å². The first-order valence-electron chi connectivity index (χ1n) is 5.63. The monoisotopic (exact) mass is 302 g/mol. The van der Waals surface area contributed by atoms with Crippen molar-refractivity contribution in [2.45, 2.75) is 12.3 Å². The average Bonchev–Trinajstić information content (AvgIpc) is 2.65. The van der Waals surface area contributed by atoms with Crippen molar-refractivity contribution in [1.29, 1.82) is 0 Å². The molecular formula is C12H12Cl2N2O3. The van der Waals surface area contributed by atoms with Crippen molar-refractivity contribution in [2.24, 2.45) is 5.73 Å². The lowest BCUT2D eigenvalue weighted by molar-refractivity contribution is -0.132. The Morgan fingerprint density at radius 2 is 2.16 bits per heavy atom. The highest BCUT2D eigenvalue weighted by Crippen LogP contribution is 2.41. The zero-order chi connectivity index (χ0) is 14.2. The molecule has 7 heteroatoms. The highest BCUT2D eigenvalue weighted by Gasteiger charge is 2.34. The second kappa shape index (κ2) is 5.27. The molecule has 1 fully saturated rings. The second-order valence-corrected chi connectivity index (χ2v) is 5.22. The number of aromatic hydroxyl groups is 1. The van der Waals surface area contributed by atoms with Crippen LogP contribution in [-0.2, 0) is 9.59 Å². The van der Waals surface area contributed by atoms with Crippen LogP contribution in [-0.4, -0.2) is 34.9 Å². The van der Waals surface area contributed by atoms with E-state index in [1.54, 1.807) is 0 Å². The van der Waals surface area contributed by atoms with E-state index in [0.29, 0.717) is 10.6 Å². The number of benzene rings is 1. The molecule has 1 heterocycles. The predicted molar refractivity (Wildman–Crippen MR) is 71.3 cm³/mol.